The molecule has 0 fully saturated rings. The Labute approximate surface area is 200 Å². The maximum atomic E-state index is 9.66. The number of benzene rings is 3. The van der Waals surface area contributed by atoms with Crippen molar-refractivity contribution in [1.29, 1.82) is 0 Å². The van der Waals surface area contributed by atoms with Gasteiger partial charge in [0.1, 0.15) is 36.1 Å². The second kappa shape index (κ2) is 10.1. The summed E-state index contributed by atoms with van der Waals surface area (Å²) in [6, 6.07) is 18.1. The van der Waals surface area contributed by atoms with Crippen molar-refractivity contribution in [3.8, 4) is 11.5 Å². The fourth-order valence-corrected chi connectivity index (χ4v) is 3.84. The van der Waals surface area contributed by atoms with E-state index in [0.717, 1.165) is 20.1 Å². The molecule has 4 N–H and O–H groups in total. The largest absolute Gasteiger partial charge is 0.487 e. The molecule has 0 unspecified atom stereocenters. The number of hydroxylamine groups is 2. The van der Waals surface area contributed by atoms with Gasteiger partial charge in [0.15, 0.2) is 11.7 Å². The Bertz CT molecular complexity index is 1110. The average molecular weight is 562 g/mol. The molecule has 0 aliphatic carbocycles. The van der Waals surface area contributed by atoms with Gasteiger partial charge >= 0.3 is 0 Å². The zero-order valence-corrected chi connectivity index (χ0v) is 19.7. The molecule has 4 rings (SSSR count). The maximum absolute atomic E-state index is 9.66. The number of fused-ring (bicyclic) bond motifs is 3. The molecule has 0 atom stereocenters. The van der Waals surface area contributed by atoms with Crippen molar-refractivity contribution in [2.45, 2.75) is 13.2 Å². The summed E-state index contributed by atoms with van der Waals surface area (Å²) in [5.74, 6) is 0.756. The molecule has 10 heteroatoms. The summed E-state index contributed by atoms with van der Waals surface area (Å²) in [7, 11) is 0. The van der Waals surface area contributed by atoms with Crippen molar-refractivity contribution in [1.82, 2.24) is 11.0 Å². The Morgan fingerprint density at radius 2 is 1.09 bits per heavy atom. The molecule has 3 aromatic rings. The Hall–Kier alpha value is -2.92. The molecule has 0 saturated heterocycles. The summed E-state index contributed by atoms with van der Waals surface area (Å²) in [5, 5.41) is 19.3. The van der Waals surface area contributed by atoms with Crippen molar-refractivity contribution in [3.63, 3.8) is 0 Å². The smallest absolute Gasteiger partial charge is 0.195 e. The van der Waals surface area contributed by atoms with Crippen molar-refractivity contribution in [3.05, 3.63) is 80.7 Å². The van der Waals surface area contributed by atoms with Crippen LogP contribution in [0, 0.1) is 0 Å². The van der Waals surface area contributed by atoms with Gasteiger partial charge in [-0.3, -0.25) is 10.4 Å². The number of para-hydroxylation sites is 4. The highest BCUT2D eigenvalue weighted by molar-refractivity contribution is 9.13. The number of amidine groups is 2. The number of aliphatic imine (C=N–C) groups is 2. The van der Waals surface area contributed by atoms with Crippen LogP contribution in [-0.2, 0) is 13.2 Å². The highest BCUT2D eigenvalue weighted by Gasteiger charge is 2.15. The Balaban J connectivity index is 1.89. The lowest BCUT2D eigenvalue weighted by Crippen LogP contribution is -2.37. The highest BCUT2D eigenvalue weighted by atomic mass is 79.9. The first-order chi connectivity index (χ1) is 15.6. The number of rotatable bonds is 0. The molecule has 0 bridgehead atoms. The van der Waals surface area contributed by atoms with E-state index in [1.54, 1.807) is 36.4 Å². The molecule has 0 amide bonds. The number of halogens is 2. The van der Waals surface area contributed by atoms with Gasteiger partial charge in [0.05, 0.1) is 0 Å². The zero-order valence-electron chi connectivity index (χ0n) is 16.5. The average Bonchev–Trinajstić information content (AvgIpc) is 2.81. The molecule has 3 aromatic carbocycles. The summed E-state index contributed by atoms with van der Waals surface area (Å²) in [6.45, 7) is 0.527. The first kappa shape index (κ1) is 22.3. The van der Waals surface area contributed by atoms with Crippen LogP contribution in [0.25, 0.3) is 0 Å². The van der Waals surface area contributed by atoms with E-state index in [2.05, 4.69) is 41.8 Å². The third-order valence-corrected chi connectivity index (χ3v) is 6.48. The predicted molar refractivity (Wildman–Crippen MR) is 127 cm³/mol. The molecule has 0 spiro atoms. The van der Waals surface area contributed by atoms with Gasteiger partial charge in [-0.15, -0.1) is 0 Å². The fraction of sp³-hybridized carbons (Fsp3) is 0.0909. The first-order valence-corrected chi connectivity index (χ1v) is 11.1. The molecule has 1 heterocycles. The van der Waals surface area contributed by atoms with Crippen LogP contribution in [0.5, 0.6) is 11.5 Å². The van der Waals surface area contributed by atoms with Gasteiger partial charge in [-0.05, 0) is 79.4 Å². The van der Waals surface area contributed by atoms with E-state index in [-0.39, 0.29) is 24.9 Å². The van der Waals surface area contributed by atoms with Crippen LogP contribution in [0.2, 0.25) is 0 Å². The minimum Gasteiger partial charge on any atom is -0.487 e. The summed E-state index contributed by atoms with van der Waals surface area (Å²) in [6.07, 6.45) is 0. The quantitative estimate of drug-likeness (QED) is 0.274. The summed E-state index contributed by atoms with van der Waals surface area (Å²) in [5.41, 5.74) is 6.67. The molecule has 32 heavy (non-hydrogen) atoms. The Morgan fingerprint density at radius 1 is 0.688 bits per heavy atom. The van der Waals surface area contributed by atoms with Gasteiger partial charge in [0.25, 0.3) is 0 Å². The van der Waals surface area contributed by atoms with Gasteiger partial charge in [0, 0.05) is 8.95 Å². The van der Waals surface area contributed by atoms with E-state index in [1.165, 1.54) is 0 Å². The topological polar surface area (TPSA) is 108 Å². The van der Waals surface area contributed by atoms with Crippen molar-refractivity contribution in [2.75, 3.05) is 0 Å². The van der Waals surface area contributed by atoms with E-state index in [4.69, 9.17) is 9.47 Å². The molecule has 8 nitrogen and oxygen atoms in total. The molecule has 164 valence electrons. The van der Waals surface area contributed by atoms with Crippen LogP contribution < -0.4 is 20.4 Å². The van der Waals surface area contributed by atoms with Crippen LogP contribution in [0.15, 0.2) is 79.6 Å². The normalized spacial score (nSPS) is 13.6. The predicted octanol–water partition coefficient (Wildman–Crippen LogP) is 5.40. The van der Waals surface area contributed by atoms with Crippen LogP contribution >= 0.6 is 31.9 Å². The second-order valence-corrected chi connectivity index (χ2v) is 8.40. The van der Waals surface area contributed by atoms with Crippen molar-refractivity contribution < 1.29 is 19.9 Å². The zero-order chi connectivity index (χ0) is 22.5. The second-order valence-electron chi connectivity index (χ2n) is 6.69. The standard InChI is InChI=1S/C22H18Br2N4O4/c23-15-9-13-11-31-19-7-3-1-5-17(19)25-21(27-29)22(28-30)26-18-6-2-4-8-20(18)32-12-14(13)10-16(15)24/h1-10,29-30H,11-12H2,(H,25,27)(H,26,28). The summed E-state index contributed by atoms with van der Waals surface area (Å²) < 4.78 is 13.9. The van der Waals surface area contributed by atoms with Crippen molar-refractivity contribution >= 4 is 54.9 Å². The lowest BCUT2D eigenvalue weighted by atomic mass is 10.1. The third-order valence-electron chi connectivity index (χ3n) is 4.64. The minimum atomic E-state index is -0.109. The fourth-order valence-electron chi connectivity index (χ4n) is 3.05. The molecule has 0 saturated carbocycles. The molecule has 1 aliphatic rings. The summed E-state index contributed by atoms with van der Waals surface area (Å²) in [4.78, 5) is 8.76. The molecular formula is C22H18Br2N4O4. The lowest BCUT2D eigenvalue weighted by molar-refractivity contribution is 0.223. The number of hydrogen-bond acceptors (Lipinski definition) is 8. The highest BCUT2D eigenvalue weighted by Crippen LogP contribution is 2.33. The van der Waals surface area contributed by atoms with E-state index in [0.29, 0.717) is 22.9 Å². The molecule has 0 radical (unpaired) electrons. The van der Waals surface area contributed by atoms with Gasteiger partial charge in [-0.1, -0.05) is 24.3 Å². The van der Waals surface area contributed by atoms with Gasteiger partial charge in [0.2, 0.25) is 0 Å². The number of nitrogens with one attached hydrogen (secondary N) is 2. The SMILES string of the molecule is ONC1=Nc2ccccc2OCc2cc(Br)c(Br)cc2COc2ccccc2N=C1NO. The number of ether oxygens (including phenoxy) is 2. The molecule has 0 aromatic heterocycles. The van der Waals surface area contributed by atoms with Crippen LogP contribution in [0.1, 0.15) is 11.1 Å². The molecule has 1 aliphatic heterocycles. The van der Waals surface area contributed by atoms with Gasteiger partial charge in [-0.2, -0.15) is 0 Å². The van der Waals surface area contributed by atoms with Crippen molar-refractivity contribution in [2.24, 2.45) is 9.98 Å². The van der Waals surface area contributed by atoms with Crippen LogP contribution in [0.3, 0.4) is 0 Å². The van der Waals surface area contributed by atoms with E-state index in [1.807, 2.05) is 35.2 Å². The monoisotopic (exact) mass is 560 g/mol. The van der Waals surface area contributed by atoms with Crippen LogP contribution in [-0.4, -0.2) is 22.1 Å². The number of nitrogens with zero attached hydrogens (tertiary/aromatic N) is 2. The molecular weight excluding hydrogens is 544 g/mol. The van der Waals surface area contributed by atoms with E-state index >= 15 is 0 Å². The van der Waals surface area contributed by atoms with Crippen LogP contribution in [0.4, 0.5) is 11.4 Å². The minimum absolute atomic E-state index is 0.109. The van der Waals surface area contributed by atoms with Gasteiger partial charge in [-0.25, -0.2) is 20.9 Å². The Morgan fingerprint density at radius 3 is 1.50 bits per heavy atom. The van der Waals surface area contributed by atoms with E-state index in [9.17, 15) is 10.4 Å². The lowest BCUT2D eigenvalue weighted by Gasteiger charge is -2.17. The Kier molecular flexibility index (Phi) is 7.05. The maximum Gasteiger partial charge on any atom is 0.195 e. The summed E-state index contributed by atoms with van der Waals surface area (Å²) >= 11 is 7.09. The number of hydrogen-bond donors (Lipinski definition) is 4. The van der Waals surface area contributed by atoms with E-state index < -0.39 is 0 Å². The third kappa shape index (κ3) is 4.94. The first-order valence-electron chi connectivity index (χ1n) is 9.47. The van der Waals surface area contributed by atoms with Gasteiger partial charge < -0.3 is 9.47 Å².